The highest BCUT2D eigenvalue weighted by molar-refractivity contribution is 5.94. The first-order chi connectivity index (χ1) is 10.1. The van der Waals surface area contributed by atoms with Crippen LogP contribution in [-0.4, -0.2) is 17.0 Å². The van der Waals surface area contributed by atoms with Crippen molar-refractivity contribution in [2.75, 3.05) is 18.1 Å². The van der Waals surface area contributed by atoms with E-state index in [9.17, 15) is 4.39 Å². The molecule has 106 valence electrons. The normalized spacial score (nSPS) is 10.8. The number of nitrogen functional groups attached to an aromatic ring is 1. The van der Waals surface area contributed by atoms with Crippen molar-refractivity contribution >= 4 is 22.4 Å². The molecule has 0 bridgehead atoms. The van der Waals surface area contributed by atoms with Crippen LogP contribution >= 0.6 is 0 Å². The van der Waals surface area contributed by atoms with Gasteiger partial charge in [-0.1, -0.05) is 6.07 Å². The molecule has 2 heterocycles. The van der Waals surface area contributed by atoms with E-state index in [-0.39, 0.29) is 5.82 Å². The van der Waals surface area contributed by atoms with Crippen molar-refractivity contribution in [1.82, 2.24) is 9.97 Å². The molecule has 0 atom stereocenters. The Balaban J connectivity index is 2.26. The Bertz CT molecular complexity index is 830. The summed E-state index contributed by atoms with van der Waals surface area (Å²) in [5.74, 6) is 0.845. The van der Waals surface area contributed by atoms with Crippen LogP contribution < -0.4 is 11.1 Å². The van der Waals surface area contributed by atoms with E-state index in [0.29, 0.717) is 11.5 Å². The fraction of sp³-hybridized carbons (Fsp3) is 0.125. The summed E-state index contributed by atoms with van der Waals surface area (Å²) in [5.41, 5.74) is 8.36. The smallest absolute Gasteiger partial charge is 0.133 e. The van der Waals surface area contributed by atoms with Crippen LogP contribution in [0, 0.1) is 12.7 Å². The number of aryl methyl sites for hydroxylation is 1. The van der Waals surface area contributed by atoms with Gasteiger partial charge in [0.05, 0.1) is 5.69 Å². The molecule has 0 amide bonds. The van der Waals surface area contributed by atoms with Crippen LogP contribution in [0.2, 0.25) is 0 Å². The summed E-state index contributed by atoms with van der Waals surface area (Å²) in [7, 11) is 1.80. The molecular weight excluding hydrogens is 267 g/mol. The number of aromatic nitrogens is 2. The van der Waals surface area contributed by atoms with Gasteiger partial charge in [0, 0.05) is 24.2 Å². The molecule has 21 heavy (non-hydrogen) atoms. The van der Waals surface area contributed by atoms with Crippen molar-refractivity contribution in [3.63, 3.8) is 0 Å². The lowest BCUT2D eigenvalue weighted by Crippen LogP contribution is -1.98. The Morgan fingerprint density at radius 3 is 2.76 bits per heavy atom. The van der Waals surface area contributed by atoms with Crippen molar-refractivity contribution in [1.29, 1.82) is 0 Å². The summed E-state index contributed by atoms with van der Waals surface area (Å²) in [6, 6.07) is 8.44. The summed E-state index contributed by atoms with van der Waals surface area (Å²) in [6.07, 6.45) is 1.69. The average molecular weight is 282 g/mol. The molecular formula is C16H15FN4. The van der Waals surface area contributed by atoms with E-state index in [1.807, 2.05) is 19.1 Å². The number of nitrogens with one attached hydrogen (secondary N) is 1. The molecule has 4 nitrogen and oxygen atoms in total. The largest absolute Gasteiger partial charge is 0.383 e. The molecule has 0 fully saturated rings. The zero-order valence-electron chi connectivity index (χ0n) is 11.8. The summed E-state index contributed by atoms with van der Waals surface area (Å²) in [5, 5.41) is 4.69. The van der Waals surface area contributed by atoms with Crippen LogP contribution in [-0.2, 0) is 0 Å². The van der Waals surface area contributed by atoms with Gasteiger partial charge < -0.3 is 11.1 Å². The monoisotopic (exact) mass is 282 g/mol. The Labute approximate surface area is 121 Å². The highest BCUT2D eigenvalue weighted by Crippen LogP contribution is 2.29. The Morgan fingerprint density at radius 1 is 1.19 bits per heavy atom. The van der Waals surface area contributed by atoms with Gasteiger partial charge in [-0.3, -0.25) is 0 Å². The molecule has 0 radical (unpaired) electrons. The maximum Gasteiger partial charge on any atom is 0.133 e. The lowest BCUT2D eigenvalue weighted by atomic mass is 10.0. The van der Waals surface area contributed by atoms with Crippen LogP contribution in [0.5, 0.6) is 0 Å². The van der Waals surface area contributed by atoms with Gasteiger partial charge >= 0.3 is 0 Å². The highest BCUT2D eigenvalue weighted by atomic mass is 19.1. The molecule has 5 heteroatoms. The number of fused-ring (bicyclic) bond motifs is 1. The number of rotatable bonds is 2. The second-order valence-corrected chi connectivity index (χ2v) is 4.89. The van der Waals surface area contributed by atoms with E-state index in [4.69, 9.17) is 5.73 Å². The van der Waals surface area contributed by atoms with E-state index in [1.54, 1.807) is 19.3 Å². The fourth-order valence-electron chi connectivity index (χ4n) is 2.32. The second kappa shape index (κ2) is 5.01. The zero-order valence-corrected chi connectivity index (χ0v) is 11.8. The highest BCUT2D eigenvalue weighted by Gasteiger charge is 2.09. The number of hydrogen-bond donors (Lipinski definition) is 2. The number of nitrogens with two attached hydrogens (primary N) is 1. The molecule has 0 aliphatic carbocycles. The van der Waals surface area contributed by atoms with Crippen molar-refractivity contribution in [3.8, 4) is 11.3 Å². The number of nitrogens with zero attached hydrogens (tertiary/aromatic N) is 2. The van der Waals surface area contributed by atoms with Gasteiger partial charge in [-0.15, -0.1) is 0 Å². The minimum atomic E-state index is -0.290. The van der Waals surface area contributed by atoms with Crippen molar-refractivity contribution < 1.29 is 4.39 Å². The van der Waals surface area contributed by atoms with Gasteiger partial charge in [0.2, 0.25) is 0 Å². The third-order valence-corrected chi connectivity index (χ3v) is 3.48. The molecule has 3 N–H and O–H groups in total. The van der Waals surface area contributed by atoms with Crippen LogP contribution in [0.3, 0.4) is 0 Å². The molecule has 0 spiro atoms. The standard InChI is InChI=1S/C16H15FN4/c1-9-3-4-11(17)7-12(9)14-5-10-6-15(19-2)20-8-13(10)16(18)21-14/h3-8H,1-2H3,(H2,18,21)(H,19,20). The number of halogens is 1. The van der Waals surface area contributed by atoms with Crippen LogP contribution in [0.4, 0.5) is 16.0 Å². The van der Waals surface area contributed by atoms with Gasteiger partial charge in [0.15, 0.2) is 0 Å². The molecule has 2 aromatic heterocycles. The van der Waals surface area contributed by atoms with Gasteiger partial charge in [-0.25, -0.2) is 14.4 Å². The van der Waals surface area contributed by atoms with Crippen LogP contribution in [0.25, 0.3) is 22.0 Å². The van der Waals surface area contributed by atoms with Crippen LogP contribution in [0.1, 0.15) is 5.56 Å². The third kappa shape index (κ3) is 2.38. The Kier molecular flexibility index (Phi) is 3.17. The van der Waals surface area contributed by atoms with Crippen molar-refractivity contribution in [3.05, 3.63) is 47.9 Å². The molecule has 0 saturated carbocycles. The predicted molar refractivity (Wildman–Crippen MR) is 83.6 cm³/mol. The van der Waals surface area contributed by atoms with E-state index < -0.39 is 0 Å². The summed E-state index contributed by atoms with van der Waals surface area (Å²) in [6.45, 7) is 1.92. The average Bonchev–Trinajstić information content (AvgIpc) is 2.49. The fourth-order valence-corrected chi connectivity index (χ4v) is 2.32. The minimum absolute atomic E-state index is 0.290. The number of anilines is 2. The first kappa shape index (κ1) is 13.3. The Hall–Kier alpha value is -2.69. The molecule has 3 aromatic rings. The topological polar surface area (TPSA) is 63.8 Å². The van der Waals surface area contributed by atoms with Crippen LogP contribution in [0.15, 0.2) is 36.5 Å². The summed E-state index contributed by atoms with van der Waals surface area (Å²) >= 11 is 0. The van der Waals surface area contributed by atoms with Gasteiger partial charge in [0.1, 0.15) is 17.5 Å². The maximum atomic E-state index is 13.5. The molecule has 0 unspecified atom stereocenters. The summed E-state index contributed by atoms with van der Waals surface area (Å²) in [4.78, 5) is 8.61. The van der Waals surface area contributed by atoms with Crippen molar-refractivity contribution in [2.24, 2.45) is 0 Å². The summed E-state index contributed by atoms with van der Waals surface area (Å²) < 4.78 is 13.5. The van der Waals surface area contributed by atoms with Gasteiger partial charge in [-0.2, -0.15) is 0 Å². The van der Waals surface area contributed by atoms with E-state index >= 15 is 0 Å². The quantitative estimate of drug-likeness (QED) is 0.756. The zero-order chi connectivity index (χ0) is 15.0. The number of pyridine rings is 2. The van der Waals surface area contributed by atoms with E-state index in [2.05, 4.69) is 15.3 Å². The lowest BCUT2D eigenvalue weighted by molar-refractivity contribution is 0.628. The molecule has 1 aromatic carbocycles. The Morgan fingerprint density at radius 2 is 2.00 bits per heavy atom. The SMILES string of the molecule is CNc1cc2cc(-c3cc(F)ccc3C)nc(N)c2cn1. The third-order valence-electron chi connectivity index (χ3n) is 3.48. The second-order valence-electron chi connectivity index (χ2n) is 4.89. The van der Waals surface area contributed by atoms with E-state index in [0.717, 1.165) is 27.7 Å². The van der Waals surface area contributed by atoms with Crippen molar-refractivity contribution in [2.45, 2.75) is 6.92 Å². The molecule has 3 rings (SSSR count). The number of benzene rings is 1. The first-order valence-corrected chi connectivity index (χ1v) is 6.59. The number of hydrogen-bond acceptors (Lipinski definition) is 4. The minimum Gasteiger partial charge on any atom is -0.383 e. The maximum absolute atomic E-state index is 13.5. The van der Waals surface area contributed by atoms with Gasteiger partial charge in [0.25, 0.3) is 0 Å². The van der Waals surface area contributed by atoms with E-state index in [1.165, 1.54) is 12.1 Å². The molecule has 0 aliphatic rings. The molecule has 0 aliphatic heterocycles. The first-order valence-electron chi connectivity index (χ1n) is 6.59. The molecule has 0 saturated heterocycles. The lowest BCUT2D eigenvalue weighted by Gasteiger charge is -2.10. The van der Waals surface area contributed by atoms with Gasteiger partial charge in [-0.05, 0) is 42.1 Å². The predicted octanol–water partition coefficient (Wildman–Crippen LogP) is 3.37.